The second kappa shape index (κ2) is 5.70. The van der Waals surface area contributed by atoms with E-state index in [4.69, 9.17) is 4.98 Å². The van der Waals surface area contributed by atoms with Crippen molar-refractivity contribution in [3.05, 3.63) is 59.4 Å². The summed E-state index contributed by atoms with van der Waals surface area (Å²) in [5, 5.41) is 3.35. The first-order chi connectivity index (χ1) is 10.2. The van der Waals surface area contributed by atoms with Gasteiger partial charge in [-0.1, -0.05) is 30.7 Å². The van der Waals surface area contributed by atoms with Crippen LogP contribution in [0.15, 0.2) is 42.7 Å². The van der Waals surface area contributed by atoms with Crippen LogP contribution in [0, 0.1) is 13.8 Å². The number of fused-ring (bicyclic) bond motifs is 1. The molecule has 0 atom stereocenters. The summed E-state index contributed by atoms with van der Waals surface area (Å²) in [7, 11) is 0. The van der Waals surface area contributed by atoms with E-state index < -0.39 is 0 Å². The fourth-order valence-electron chi connectivity index (χ4n) is 2.63. The minimum atomic E-state index is 0.888. The Morgan fingerprint density at radius 3 is 2.76 bits per heavy atom. The van der Waals surface area contributed by atoms with Gasteiger partial charge in [0, 0.05) is 24.5 Å². The predicted octanol–water partition coefficient (Wildman–Crippen LogP) is 3.73. The standard InChI is InChI=1S/C18H21N3/c1-4-19-11-15-7-8-21-12-17(20-18(21)10-15)16-6-5-13(2)9-14(16)3/h5-10,12,19H,4,11H2,1-3H3. The molecule has 0 fully saturated rings. The van der Waals surface area contributed by atoms with Crippen molar-refractivity contribution in [1.29, 1.82) is 0 Å². The first-order valence-electron chi connectivity index (χ1n) is 7.43. The molecular formula is C18H21N3. The average molecular weight is 279 g/mol. The van der Waals surface area contributed by atoms with Crippen LogP contribution in [0.3, 0.4) is 0 Å². The number of nitrogens with one attached hydrogen (secondary N) is 1. The molecule has 1 N–H and O–H groups in total. The van der Waals surface area contributed by atoms with E-state index in [9.17, 15) is 0 Å². The van der Waals surface area contributed by atoms with Gasteiger partial charge in [-0.2, -0.15) is 0 Å². The molecule has 3 nitrogen and oxygen atoms in total. The number of aryl methyl sites for hydroxylation is 2. The molecule has 0 aliphatic heterocycles. The summed E-state index contributed by atoms with van der Waals surface area (Å²) in [6, 6.07) is 10.8. The summed E-state index contributed by atoms with van der Waals surface area (Å²) in [6.07, 6.45) is 4.19. The topological polar surface area (TPSA) is 29.3 Å². The van der Waals surface area contributed by atoms with Crippen molar-refractivity contribution in [2.75, 3.05) is 6.54 Å². The Kier molecular flexibility index (Phi) is 3.76. The Balaban J connectivity index is 2.00. The molecule has 0 aliphatic rings. The molecule has 1 aromatic carbocycles. The lowest BCUT2D eigenvalue weighted by molar-refractivity contribution is 0.726. The van der Waals surface area contributed by atoms with Crippen LogP contribution in [0.25, 0.3) is 16.9 Å². The molecule has 0 aliphatic carbocycles. The van der Waals surface area contributed by atoms with Gasteiger partial charge in [0.25, 0.3) is 0 Å². The largest absolute Gasteiger partial charge is 0.313 e. The first-order valence-corrected chi connectivity index (χ1v) is 7.43. The minimum Gasteiger partial charge on any atom is -0.313 e. The lowest BCUT2D eigenvalue weighted by Gasteiger charge is -2.02. The molecule has 2 aromatic heterocycles. The Morgan fingerprint density at radius 1 is 1.14 bits per heavy atom. The van der Waals surface area contributed by atoms with Crippen molar-refractivity contribution in [2.45, 2.75) is 27.3 Å². The van der Waals surface area contributed by atoms with Crippen LogP contribution >= 0.6 is 0 Å². The molecule has 0 bridgehead atoms. The fourth-order valence-corrected chi connectivity index (χ4v) is 2.63. The van der Waals surface area contributed by atoms with Crippen molar-refractivity contribution < 1.29 is 0 Å². The van der Waals surface area contributed by atoms with Crippen molar-refractivity contribution in [1.82, 2.24) is 14.7 Å². The fraction of sp³-hybridized carbons (Fsp3) is 0.278. The summed E-state index contributed by atoms with van der Waals surface area (Å²) < 4.78 is 2.09. The number of pyridine rings is 1. The lowest BCUT2D eigenvalue weighted by atomic mass is 10.0. The van der Waals surface area contributed by atoms with Crippen molar-refractivity contribution in [2.24, 2.45) is 0 Å². The molecule has 0 saturated heterocycles. The highest BCUT2D eigenvalue weighted by molar-refractivity contribution is 5.66. The monoisotopic (exact) mass is 279 g/mol. The molecule has 2 heterocycles. The predicted molar refractivity (Wildman–Crippen MR) is 87.5 cm³/mol. The van der Waals surface area contributed by atoms with E-state index in [1.165, 1.54) is 22.3 Å². The summed E-state index contributed by atoms with van der Waals surface area (Å²) in [5.41, 5.74) is 7.06. The average Bonchev–Trinajstić information content (AvgIpc) is 2.87. The Hall–Kier alpha value is -2.13. The zero-order valence-electron chi connectivity index (χ0n) is 12.9. The highest BCUT2D eigenvalue weighted by Crippen LogP contribution is 2.24. The Morgan fingerprint density at radius 2 is 2.00 bits per heavy atom. The highest BCUT2D eigenvalue weighted by Gasteiger charge is 2.07. The van der Waals surface area contributed by atoms with E-state index >= 15 is 0 Å². The zero-order chi connectivity index (χ0) is 14.8. The second-order valence-electron chi connectivity index (χ2n) is 5.53. The third-order valence-electron chi connectivity index (χ3n) is 3.76. The molecule has 21 heavy (non-hydrogen) atoms. The second-order valence-corrected chi connectivity index (χ2v) is 5.53. The molecule has 3 rings (SSSR count). The summed E-state index contributed by atoms with van der Waals surface area (Å²) >= 11 is 0. The third-order valence-corrected chi connectivity index (χ3v) is 3.76. The number of aromatic nitrogens is 2. The van der Waals surface area contributed by atoms with Gasteiger partial charge in [0.05, 0.1) is 5.69 Å². The molecule has 0 amide bonds. The molecule has 0 unspecified atom stereocenters. The van der Waals surface area contributed by atoms with E-state index in [1.54, 1.807) is 0 Å². The van der Waals surface area contributed by atoms with Crippen LogP contribution in [0.2, 0.25) is 0 Å². The molecule has 108 valence electrons. The molecule has 0 saturated carbocycles. The molecule has 0 spiro atoms. The van der Waals surface area contributed by atoms with Crippen LogP contribution in [0.4, 0.5) is 0 Å². The summed E-state index contributed by atoms with van der Waals surface area (Å²) in [6.45, 7) is 8.24. The number of hydrogen-bond acceptors (Lipinski definition) is 2. The molecular weight excluding hydrogens is 258 g/mol. The van der Waals surface area contributed by atoms with Crippen LogP contribution < -0.4 is 5.32 Å². The van der Waals surface area contributed by atoms with Gasteiger partial charge in [0.2, 0.25) is 0 Å². The number of benzene rings is 1. The Bertz CT molecular complexity index is 771. The maximum Gasteiger partial charge on any atom is 0.137 e. The van der Waals surface area contributed by atoms with Crippen LogP contribution in [-0.2, 0) is 6.54 Å². The van der Waals surface area contributed by atoms with Gasteiger partial charge in [0.1, 0.15) is 5.65 Å². The van der Waals surface area contributed by atoms with E-state index in [-0.39, 0.29) is 0 Å². The summed E-state index contributed by atoms with van der Waals surface area (Å²) in [5.74, 6) is 0. The number of imidazole rings is 1. The van der Waals surface area contributed by atoms with Gasteiger partial charge >= 0.3 is 0 Å². The summed E-state index contributed by atoms with van der Waals surface area (Å²) in [4.78, 5) is 4.78. The normalized spacial score (nSPS) is 11.2. The van der Waals surface area contributed by atoms with Gasteiger partial charge in [-0.15, -0.1) is 0 Å². The van der Waals surface area contributed by atoms with E-state index in [0.29, 0.717) is 0 Å². The number of hydrogen-bond donors (Lipinski definition) is 1. The molecule has 0 radical (unpaired) electrons. The maximum absolute atomic E-state index is 4.78. The minimum absolute atomic E-state index is 0.888. The van der Waals surface area contributed by atoms with Crippen molar-refractivity contribution in [3.8, 4) is 11.3 Å². The van der Waals surface area contributed by atoms with Crippen LogP contribution in [-0.4, -0.2) is 15.9 Å². The van der Waals surface area contributed by atoms with Crippen molar-refractivity contribution >= 4 is 5.65 Å². The van der Waals surface area contributed by atoms with E-state index in [1.807, 2.05) is 0 Å². The highest BCUT2D eigenvalue weighted by atomic mass is 15.0. The van der Waals surface area contributed by atoms with Gasteiger partial charge < -0.3 is 9.72 Å². The molecule has 3 heteroatoms. The van der Waals surface area contributed by atoms with Gasteiger partial charge in [0.15, 0.2) is 0 Å². The Labute approximate surface area is 125 Å². The first kappa shape index (κ1) is 13.8. The number of rotatable bonds is 4. The zero-order valence-corrected chi connectivity index (χ0v) is 12.9. The maximum atomic E-state index is 4.78. The van der Waals surface area contributed by atoms with Crippen LogP contribution in [0.1, 0.15) is 23.6 Å². The van der Waals surface area contributed by atoms with E-state index in [2.05, 4.69) is 73.2 Å². The quantitative estimate of drug-likeness (QED) is 0.788. The van der Waals surface area contributed by atoms with Gasteiger partial charge in [-0.25, -0.2) is 4.98 Å². The van der Waals surface area contributed by atoms with Gasteiger partial charge in [-0.05, 0) is 43.7 Å². The lowest BCUT2D eigenvalue weighted by Crippen LogP contribution is -2.11. The van der Waals surface area contributed by atoms with Crippen LogP contribution in [0.5, 0.6) is 0 Å². The molecule has 3 aromatic rings. The third kappa shape index (κ3) is 2.83. The number of nitrogens with zero attached hydrogens (tertiary/aromatic N) is 2. The van der Waals surface area contributed by atoms with E-state index in [0.717, 1.165) is 24.4 Å². The smallest absolute Gasteiger partial charge is 0.137 e. The SMILES string of the molecule is CCNCc1ccn2cc(-c3ccc(C)cc3C)nc2c1. The van der Waals surface area contributed by atoms with Crippen molar-refractivity contribution in [3.63, 3.8) is 0 Å². The van der Waals surface area contributed by atoms with Gasteiger partial charge in [-0.3, -0.25) is 0 Å².